The van der Waals surface area contributed by atoms with Crippen LogP contribution in [0.5, 0.6) is 0 Å². The van der Waals surface area contributed by atoms with Crippen molar-refractivity contribution < 1.29 is 12.8 Å². The van der Waals surface area contributed by atoms with Crippen molar-refractivity contribution in [1.29, 1.82) is 0 Å². The van der Waals surface area contributed by atoms with Gasteiger partial charge in [0.2, 0.25) is 0 Å². The fourth-order valence-corrected chi connectivity index (χ4v) is 4.55. The summed E-state index contributed by atoms with van der Waals surface area (Å²) < 4.78 is 42.5. The van der Waals surface area contributed by atoms with Crippen LogP contribution >= 0.6 is 0 Å². The van der Waals surface area contributed by atoms with E-state index in [0.29, 0.717) is 30.9 Å². The highest BCUT2D eigenvalue weighted by molar-refractivity contribution is 7.90. The van der Waals surface area contributed by atoms with Crippen LogP contribution in [0, 0.1) is 5.82 Å². The van der Waals surface area contributed by atoms with Gasteiger partial charge in [-0.2, -0.15) is 12.7 Å². The smallest absolute Gasteiger partial charge is 0.308 e. The molecule has 0 spiro atoms. The average Bonchev–Trinajstić information content (AvgIpc) is 2.55. The lowest BCUT2D eigenvalue weighted by molar-refractivity contribution is 0.392. The largest absolute Gasteiger partial charge is 0.320 e. The molecule has 3 rings (SSSR count). The van der Waals surface area contributed by atoms with Crippen LogP contribution in [0.4, 0.5) is 15.8 Å². The van der Waals surface area contributed by atoms with E-state index in [1.54, 1.807) is 18.2 Å². The van der Waals surface area contributed by atoms with Crippen molar-refractivity contribution in [2.24, 2.45) is 0 Å². The maximum absolute atomic E-state index is 13.7. The molecule has 0 atom stereocenters. The molecule has 128 valence electrons. The topological polar surface area (TPSA) is 52.6 Å². The summed E-state index contributed by atoms with van der Waals surface area (Å²) in [6.07, 6.45) is 0.703. The number of rotatable bonds is 5. The first-order chi connectivity index (χ1) is 11.5. The van der Waals surface area contributed by atoms with E-state index in [1.807, 2.05) is 19.2 Å². The van der Waals surface area contributed by atoms with E-state index in [1.165, 1.54) is 26.8 Å². The lowest BCUT2D eigenvalue weighted by Crippen LogP contribution is -2.46. The van der Waals surface area contributed by atoms with Crippen molar-refractivity contribution in [1.82, 2.24) is 9.62 Å². The van der Waals surface area contributed by atoms with Crippen molar-refractivity contribution in [2.45, 2.75) is 13.0 Å². The third-order valence-corrected chi connectivity index (χ3v) is 5.82. The van der Waals surface area contributed by atoms with Crippen molar-refractivity contribution in [3.63, 3.8) is 0 Å². The van der Waals surface area contributed by atoms with E-state index in [0.717, 1.165) is 12.1 Å². The molecule has 0 saturated heterocycles. The summed E-state index contributed by atoms with van der Waals surface area (Å²) in [6, 6.07) is 13.0. The summed E-state index contributed by atoms with van der Waals surface area (Å²) in [6.45, 7) is 1.46. The monoisotopic (exact) mass is 349 g/mol. The van der Waals surface area contributed by atoms with Crippen LogP contribution in [-0.2, 0) is 16.8 Å². The van der Waals surface area contributed by atoms with Crippen molar-refractivity contribution in [2.75, 3.05) is 24.4 Å². The van der Waals surface area contributed by atoms with Gasteiger partial charge in [-0.25, -0.2) is 8.70 Å². The molecule has 0 saturated carbocycles. The Bertz CT molecular complexity index is 826. The number of halogens is 1. The van der Waals surface area contributed by atoms with Crippen LogP contribution in [-0.4, -0.2) is 32.9 Å². The number of hydrogen-bond acceptors (Lipinski definition) is 3. The zero-order valence-corrected chi connectivity index (χ0v) is 14.3. The van der Waals surface area contributed by atoms with E-state index < -0.39 is 16.0 Å². The molecule has 1 aliphatic rings. The van der Waals surface area contributed by atoms with E-state index in [4.69, 9.17) is 0 Å². The molecule has 1 N–H and O–H groups in total. The maximum Gasteiger partial charge on any atom is 0.308 e. The number of fused-ring (bicyclic) bond motifs is 1. The summed E-state index contributed by atoms with van der Waals surface area (Å²) >= 11 is 0. The highest BCUT2D eigenvalue weighted by Crippen LogP contribution is 2.38. The molecule has 0 amide bonds. The van der Waals surface area contributed by atoms with E-state index >= 15 is 0 Å². The molecular formula is C17H20FN3O2S. The van der Waals surface area contributed by atoms with Gasteiger partial charge in [0.25, 0.3) is 0 Å². The summed E-state index contributed by atoms with van der Waals surface area (Å²) in [5.74, 6) is -0.465. The molecule has 7 heteroatoms. The third-order valence-electron chi connectivity index (χ3n) is 3.99. The first kappa shape index (κ1) is 16.9. The Morgan fingerprint density at radius 2 is 1.96 bits per heavy atom. The Morgan fingerprint density at radius 1 is 1.17 bits per heavy atom. The highest BCUT2D eigenvalue weighted by Gasteiger charge is 2.37. The van der Waals surface area contributed by atoms with Gasteiger partial charge in [0.05, 0.1) is 11.4 Å². The summed E-state index contributed by atoms with van der Waals surface area (Å²) in [4.78, 5) is 0. The predicted molar refractivity (Wildman–Crippen MR) is 92.9 cm³/mol. The lowest BCUT2D eigenvalue weighted by atomic mass is 10.1. The van der Waals surface area contributed by atoms with Gasteiger partial charge in [0.1, 0.15) is 5.82 Å². The number of para-hydroxylation sites is 1. The highest BCUT2D eigenvalue weighted by atomic mass is 32.2. The molecular weight excluding hydrogens is 329 g/mol. The second-order valence-electron chi connectivity index (χ2n) is 5.67. The van der Waals surface area contributed by atoms with Gasteiger partial charge in [0, 0.05) is 13.1 Å². The molecule has 1 heterocycles. The second kappa shape index (κ2) is 6.88. The minimum atomic E-state index is -3.76. The maximum atomic E-state index is 13.7. The normalized spacial score (nSPS) is 16.8. The second-order valence-corrected chi connectivity index (χ2v) is 7.45. The molecule has 0 fully saturated rings. The zero-order valence-electron chi connectivity index (χ0n) is 13.4. The molecule has 0 aliphatic carbocycles. The Morgan fingerprint density at radius 3 is 2.71 bits per heavy atom. The molecule has 0 radical (unpaired) electrons. The van der Waals surface area contributed by atoms with Crippen molar-refractivity contribution >= 4 is 21.6 Å². The molecule has 2 aromatic carbocycles. The van der Waals surface area contributed by atoms with Gasteiger partial charge < -0.3 is 5.32 Å². The van der Waals surface area contributed by atoms with Crippen molar-refractivity contribution in [3.05, 3.63) is 59.9 Å². The zero-order chi connectivity index (χ0) is 17.2. The van der Waals surface area contributed by atoms with Crippen LogP contribution < -0.4 is 9.62 Å². The number of benzene rings is 2. The minimum Gasteiger partial charge on any atom is -0.320 e. The predicted octanol–water partition coefficient (Wildman–Crippen LogP) is 2.63. The number of nitrogens with zero attached hydrogens (tertiary/aromatic N) is 2. The molecule has 0 unspecified atom stereocenters. The Kier molecular flexibility index (Phi) is 4.84. The van der Waals surface area contributed by atoms with Crippen LogP contribution in [0.1, 0.15) is 12.0 Å². The third kappa shape index (κ3) is 3.15. The van der Waals surface area contributed by atoms with Gasteiger partial charge in [-0.15, -0.1) is 0 Å². The molecule has 5 nitrogen and oxygen atoms in total. The Hall–Kier alpha value is -1.96. The number of nitrogens with one attached hydrogen (secondary N) is 1. The number of anilines is 2. The van der Waals surface area contributed by atoms with E-state index in [-0.39, 0.29) is 0 Å². The van der Waals surface area contributed by atoms with E-state index in [2.05, 4.69) is 5.32 Å². The van der Waals surface area contributed by atoms with Gasteiger partial charge in [-0.3, -0.25) is 0 Å². The van der Waals surface area contributed by atoms with Crippen LogP contribution in [0.2, 0.25) is 0 Å². The van der Waals surface area contributed by atoms with Crippen LogP contribution in [0.15, 0.2) is 48.5 Å². The Balaban J connectivity index is 2.07. The molecule has 1 aliphatic heterocycles. The summed E-state index contributed by atoms with van der Waals surface area (Å²) in [5.41, 5.74) is 1.79. The fraction of sp³-hybridized carbons (Fsp3) is 0.294. The Labute approximate surface area is 141 Å². The number of hydrogen-bond donors (Lipinski definition) is 1. The van der Waals surface area contributed by atoms with E-state index in [9.17, 15) is 12.8 Å². The quantitative estimate of drug-likeness (QED) is 0.845. The SMILES string of the molecule is CNCCCN1Cc2ccccc2N(c2cccc(F)c2)S1(=O)=O. The summed E-state index contributed by atoms with van der Waals surface area (Å²) in [5, 5.41) is 3.02. The van der Waals surface area contributed by atoms with Gasteiger partial charge in [-0.05, 0) is 49.8 Å². The van der Waals surface area contributed by atoms with Gasteiger partial charge in [0.15, 0.2) is 0 Å². The van der Waals surface area contributed by atoms with Crippen LogP contribution in [0.3, 0.4) is 0 Å². The molecule has 24 heavy (non-hydrogen) atoms. The fourth-order valence-electron chi connectivity index (χ4n) is 2.86. The van der Waals surface area contributed by atoms with Crippen molar-refractivity contribution in [3.8, 4) is 0 Å². The lowest BCUT2D eigenvalue weighted by Gasteiger charge is -2.37. The van der Waals surface area contributed by atoms with Gasteiger partial charge in [-0.1, -0.05) is 24.3 Å². The van der Waals surface area contributed by atoms with Crippen LogP contribution in [0.25, 0.3) is 0 Å². The first-order valence-electron chi connectivity index (χ1n) is 7.82. The molecule has 0 bridgehead atoms. The first-order valence-corrected chi connectivity index (χ1v) is 9.22. The van der Waals surface area contributed by atoms with Gasteiger partial charge >= 0.3 is 10.2 Å². The molecule has 0 aromatic heterocycles. The summed E-state index contributed by atoms with van der Waals surface area (Å²) in [7, 11) is -1.92. The minimum absolute atomic E-state index is 0.306. The molecule has 2 aromatic rings. The standard InChI is InChI=1S/C17H20FN3O2S/c1-19-10-5-11-20-13-14-6-2-3-9-17(14)21(24(20,22)23)16-8-4-7-15(18)12-16/h2-4,6-9,12,19H,5,10-11,13H2,1H3. The average molecular weight is 349 g/mol.